The molecule has 1 saturated carbocycles. The first kappa shape index (κ1) is 9.47. The lowest BCUT2D eigenvalue weighted by atomic mass is 9.74. The maximum Gasteiger partial charge on any atom is 0.0723 e. The average molecular weight is 184 g/mol. The molecule has 0 spiro atoms. The van der Waals surface area contributed by atoms with Gasteiger partial charge in [-0.2, -0.15) is 0 Å². The molecule has 2 aliphatic rings. The topological polar surface area (TPSA) is 29.5 Å². The third kappa shape index (κ3) is 1.50. The summed E-state index contributed by atoms with van der Waals surface area (Å²) in [4.78, 5) is 0. The molecule has 13 heavy (non-hydrogen) atoms. The van der Waals surface area contributed by atoms with Crippen molar-refractivity contribution in [2.45, 2.75) is 45.1 Å². The molecular weight excluding hydrogens is 164 g/mol. The standard InChI is InChI=1S/C11H20O2/c1-10(5-6-10)11(2,12)9-4-3-7-13-8-9/h9,12H,3-8H2,1-2H3. The van der Waals surface area contributed by atoms with Crippen LogP contribution in [0.3, 0.4) is 0 Å². The van der Waals surface area contributed by atoms with E-state index in [0.717, 1.165) is 26.1 Å². The van der Waals surface area contributed by atoms with Gasteiger partial charge in [-0.1, -0.05) is 6.92 Å². The Labute approximate surface area is 80.3 Å². The minimum absolute atomic E-state index is 0.179. The van der Waals surface area contributed by atoms with Crippen molar-refractivity contribution in [3.05, 3.63) is 0 Å². The molecule has 0 bridgehead atoms. The van der Waals surface area contributed by atoms with Crippen LogP contribution in [0.2, 0.25) is 0 Å². The first-order chi connectivity index (χ1) is 6.06. The van der Waals surface area contributed by atoms with Crippen molar-refractivity contribution >= 4 is 0 Å². The summed E-state index contributed by atoms with van der Waals surface area (Å²) in [5.41, 5.74) is -0.328. The third-order valence-corrected chi connectivity index (χ3v) is 4.18. The smallest absolute Gasteiger partial charge is 0.0723 e. The van der Waals surface area contributed by atoms with Gasteiger partial charge in [0.2, 0.25) is 0 Å². The van der Waals surface area contributed by atoms with E-state index in [2.05, 4.69) is 6.92 Å². The predicted octanol–water partition coefficient (Wildman–Crippen LogP) is 1.96. The molecule has 2 atom stereocenters. The Balaban J connectivity index is 2.04. The van der Waals surface area contributed by atoms with E-state index in [0.29, 0.717) is 5.92 Å². The number of ether oxygens (including phenoxy) is 1. The van der Waals surface area contributed by atoms with E-state index < -0.39 is 5.60 Å². The second-order valence-corrected chi connectivity index (χ2v) is 5.12. The van der Waals surface area contributed by atoms with Crippen molar-refractivity contribution in [2.75, 3.05) is 13.2 Å². The van der Waals surface area contributed by atoms with E-state index in [4.69, 9.17) is 4.74 Å². The van der Waals surface area contributed by atoms with Crippen LogP contribution >= 0.6 is 0 Å². The lowest BCUT2D eigenvalue weighted by Gasteiger charge is -2.40. The number of hydrogen-bond acceptors (Lipinski definition) is 2. The van der Waals surface area contributed by atoms with Gasteiger partial charge in [-0.05, 0) is 38.0 Å². The largest absolute Gasteiger partial charge is 0.389 e. The SMILES string of the molecule is CC1(C(C)(O)C2CCCOC2)CC1. The molecule has 1 aliphatic heterocycles. The molecule has 1 aliphatic carbocycles. The Hall–Kier alpha value is -0.0800. The summed E-state index contributed by atoms with van der Waals surface area (Å²) in [6, 6.07) is 0. The molecule has 2 rings (SSSR count). The van der Waals surface area contributed by atoms with Crippen LogP contribution in [0.4, 0.5) is 0 Å². The van der Waals surface area contributed by atoms with Gasteiger partial charge >= 0.3 is 0 Å². The molecule has 0 aromatic heterocycles. The van der Waals surface area contributed by atoms with Crippen molar-refractivity contribution in [2.24, 2.45) is 11.3 Å². The number of aliphatic hydroxyl groups is 1. The normalized spacial score (nSPS) is 36.7. The Morgan fingerprint density at radius 3 is 2.62 bits per heavy atom. The minimum atomic E-state index is -0.507. The minimum Gasteiger partial charge on any atom is -0.389 e. The van der Waals surface area contributed by atoms with E-state index in [-0.39, 0.29) is 5.41 Å². The molecule has 1 heterocycles. The van der Waals surface area contributed by atoms with Crippen molar-refractivity contribution in [1.29, 1.82) is 0 Å². The van der Waals surface area contributed by atoms with Crippen molar-refractivity contribution in [1.82, 2.24) is 0 Å². The van der Waals surface area contributed by atoms with Gasteiger partial charge in [-0.15, -0.1) is 0 Å². The highest BCUT2D eigenvalue weighted by molar-refractivity contribution is 5.06. The second-order valence-electron chi connectivity index (χ2n) is 5.12. The fourth-order valence-corrected chi connectivity index (χ4v) is 2.37. The summed E-state index contributed by atoms with van der Waals surface area (Å²) in [5.74, 6) is 0.355. The summed E-state index contributed by atoms with van der Waals surface area (Å²) < 4.78 is 5.43. The van der Waals surface area contributed by atoms with Crippen LogP contribution in [0.15, 0.2) is 0 Å². The summed E-state index contributed by atoms with van der Waals surface area (Å²) in [6.45, 7) is 5.83. The second kappa shape index (κ2) is 2.96. The van der Waals surface area contributed by atoms with Gasteiger partial charge in [0.1, 0.15) is 0 Å². The quantitative estimate of drug-likeness (QED) is 0.711. The highest BCUT2D eigenvalue weighted by Gasteiger charge is 2.55. The average Bonchev–Trinajstić information content (AvgIpc) is 2.87. The maximum absolute atomic E-state index is 10.5. The highest BCUT2D eigenvalue weighted by Crippen LogP contribution is 2.57. The highest BCUT2D eigenvalue weighted by atomic mass is 16.5. The molecule has 2 fully saturated rings. The van der Waals surface area contributed by atoms with E-state index >= 15 is 0 Å². The Kier molecular flexibility index (Phi) is 2.16. The van der Waals surface area contributed by atoms with E-state index in [1.54, 1.807) is 0 Å². The molecule has 76 valence electrons. The van der Waals surface area contributed by atoms with Gasteiger partial charge in [-0.25, -0.2) is 0 Å². The molecule has 1 saturated heterocycles. The zero-order valence-corrected chi connectivity index (χ0v) is 8.68. The predicted molar refractivity (Wildman–Crippen MR) is 51.5 cm³/mol. The molecule has 2 heteroatoms. The molecule has 1 N–H and O–H groups in total. The Bertz CT molecular complexity index is 188. The van der Waals surface area contributed by atoms with Crippen LogP contribution in [-0.4, -0.2) is 23.9 Å². The Morgan fingerprint density at radius 2 is 2.15 bits per heavy atom. The molecule has 2 unspecified atom stereocenters. The van der Waals surface area contributed by atoms with Crippen molar-refractivity contribution in [3.63, 3.8) is 0 Å². The first-order valence-corrected chi connectivity index (χ1v) is 5.36. The monoisotopic (exact) mass is 184 g/mol. The summed E-state index contributed by atoms with van der Waals surface area (Å²) in [6.07, 6.45) is 4.59. The zero-order valence-electron chi connectivity index (χ0n) is 8.68. The van der Waals surface area contributed by atoms with Gasteiger partial charge in [0.25, 0.3) is 0 Å². The van der Waals surface area contributed by atoms with Gasteiger partial charge in [0.05, 0.1) is 12.2 Å². The number of hydrogen-bond donors (Lipinski definition) is 1. The zero-order chi connectivity index (χ0) is 9.53. The van der Waals surface area contributed by atoms with Crippen LogP contribution < -0.4 is 0 Å². The van der Waals surface area contributed by atoms with Crippen LogP contribution in [0.1, 0.15) is 39.5 Å². The van der Waals surface area contributed by atoms with Crippen LogP contribution in [-0.2, 0) is 4.74 Å². The lowest BCUT2D eigenvalue weighted by Crippen LogP contribution is -2.46. The summed E-state index contributed by atoms with van der Waals surface area (Å²) in [5, 5.41) is 10.5. The third-order valence-electron chi connectivity index (χ3n) is 4.18. The first-order valence-electron chi connectivity index (χ1n) is 5.36. The van der Waals surface area contributed by atoms with E-state index in [1.807, 2.05) is 6.92 Å². The lowest BCUT2D eigenvalue weighted by molar-refractivity contribution is -0.107. The Morgan fingerprint density at radius 1 is 1.46 bits per heavy atom. The van der Waals surface area contributed by atoms with Crippen LogP contribution in [0.25, 0.3) is 0 Å². The fourth-order valence-electron chi connectivity index (χ4n) is 2.37. The van der Waals surface area contributed by atoms with Gasteiger partial charge in [0.15, 0.2) is 0 Å². The summed E-state index contributed by atoms with van der Waals surface area (Å²) >= 11 is 0. The molecule has 0 aromatic rings. The molecule has 2 nitrogen and oxygen atoms in total. The van der Waals surface area contributed by atoms with Crippen molar-refractivity contribution < 1.29 is 9.84 Å². The van der Waals surface area contributed by atoms with Crippen molar-refractivity contribution in [3.8, 4) is 0 Å². The van der Waals surface area contributed by atoms with Gasteiger partial charge in [-0.3, -0.25) is 0 Å². The molecule has 0 amide bonds. The fraction of sp³-hybridized carbons (Fsp3) is 1.00. The number of rotatable bonds is 2. The molecular formula is C11H20O2. The molecule has 0 radical (unpaired) electrons. The van der Waals surface area contributed by atoms with E-state index in [9.17, 15) is 5.11 Å². The van der Waals surface area contributed by atoms with Crippen LogP contribution in [0.5, 0.6) is 0 Å². The van der Waals surface area contributed by atoms with E-state index in [1.165, 1.54) is 12.8 Å². The maximum atomic E-state index is 10.5. The summed E-state index contributed by atoms with van der Waals surface area (Å²) in [7, 11) is 0. The molecule has 0 aromatic carbocycles. The van der Waals surface area contributed by atoms with Gasteiger partial charge < -0.3 is 9.84 Å². The van der Waals surface area contributed by atoms with Gasteiger partial charge in [0, 0.05) is 12.5 Å². The van der Waals surface area contributed by atoms with Crippen LogP contribution in [0, 0.1) is 11.3 Å².